The zero-order valence-electron chi connectivity index (χ0n) is 25.5. The Kier molecular flexibility index (Phi) is 10.5. The number of hydrogen-bond donors (Lipinski definition) is 2. The molecule has 0 aromatic heterocycles. The van der Waals surface area contributed by atoms with Crippen LogP contribution < -0.4 is 11.1 Å². The van der Waals surface area contributed by atoms with E-state index in [-0.39, 0.29) is 12.1 Å². The van der Waals surface area contributed by atoms with Crippen molar-refractivity contribution < 1.29 is 9.53 Å². The SMILES string of the molecule is CC(C)CCC[C@@H](C)[C@H]1CC[C@H]2[C@@H]3CC=C4C[C@@H](OC(=O)CCNCCCCN)CC[C@]4(C)[C@H]3CC[C@]12C. The Balaban J connectivity index is 1.31. The van der Waals surface area contributed by atoms with Crippen LogP contribution in [0.15, 0.2) is 11.6 Å². The monoisotopic (exact) mass is 528 g/mol. The van der Waals surface area contributed by atoms with Gasteiger partial charge >= 0.3 is 5.97 Å². The minimum atomic E-state index is -0.0350. The second-order valence-corrected chi connectivity index (χ2v) is 14.6. The normalized spacial score (nSPS) is 37.2. The van der Waals surface area contributed by atoms with Crippen LogP contribution in [0.1, 0.15) is 125 Å². The van der Waals surface area contributed by atoms with Gasteiger partial charge in [0.2, 0.25) is 0 Å². The van der Waals surface area contributed by atoms with Crippen LogP contribution in [0.2, 0.25) is 0 Å². The summed E-state index contributed by atoms with van der Waals surface area (Å²) in [5.74, 6) is 5.18. The van der Waals surface area contributed by atoms with Gasteiger partial charge in [0.1, 0.15) is 6.10 Å². The van der Waals surface area contributed by atoms with Crippen LogP contribution in [0.25, 0.3) is 0 Å². The molecule has 4 rings (SSSR count). The molecule has 0 amide bonds. The molecule has 38 heavy (non-hydrogen) atoms. The number of unbranched alkanes of at least 4 members (excludes halogenated alkanes) is 1. The lowest BCUT2D eigenvalue weighted by atomic mass is 9.47. The Bertz CT molecular complexity index is 808. The van der Waals surface area contributed by atoms with Crippen molar-refractivity contribution in [2.75, 3.05) is 19.6 Å². The summed E-state index contributed by atoms with van der Waals surface area (Å²) in [5, 5.41) is 3.35. The van der Waals surface area contributed by atoms with Crippen molar-refractivity contribution in [3.8, 4) is 0 Å². The van der Waals surface area contributed by atoms with E-state index in [1.807, 2.05) is 0 Å². The first kappa shape index (κ1) is 30.1. The summed E-state index contributed by atoms with van der Waals surface area (Å²) >= 11 is 0. The maximum atomic E-state index is 12.5. The number of carbonyl (C=O) groups excluding carboxylic acids is 1. The molecule has 0 aliphatic heterocycles. The van der Waals surface area contributed by atoms with Crippen molar-refractivity contribution in [2.45, 2.75) is 131 Å². The average Bonchev–Trinajstić information content (AvgIpc) is 3.23. The van der Waals surface area contributed by atoms with Crippen LogP contribution in [-0.2, 0) is 9.53 Å². The van der Waals surface area contributed by atoms with Crippen LogP contribution in [0, 0.1) is 46.3 Å². The summed E-state index contributed by atoms with van der Waals surface area (Å²) in [6, 6.07) is 0. The molecule has 3 N–H and O–H groups in total. The first-order valence-corrected chi connectivity index (χ1v) is 16.5. The highest BCUT2D eigenvalue weighted by atomic mass is 16.5. The van der Waals surface area contributed by atoms with E-state index < -0.39 is 0 Å². The molecule has 4 nitrogen and oxygen atoms in total. The van der Waals surface area contributed by atoms with Gasteiger partial charge in [-0.05, 0) is 117 Å². The zero-order chi connectivity index (χ0) is 27.3. The van der Waals surface area contributed by atoms with E-state index in [4.69, 9.17) is 10.5 Å². The maximum absolute atomic E-state index is 12.5. The third-order valence-electron chi connectivity index (χ3n) is 11.9. The molecule has 0 spiro atoms. The Labute approximate surface area is 234 Å². The van der Waals surface area contributed by atoms with E-state index in [0.717, 1.165) is 74.3 Å². The average molecular weight is 529 g/mol. The highest BCUT2D eigenvalue weighted by Gasteiger charge is 2.59. The van der Waals surface area contributed by atoms with E-state index in [0.29, 0.717) is 23.8 Å². The van der Waals surface area contributed by atoms with E-state index in [9.17, 15) is 4.79 Å². The first-order valence-electron chi connectivity index (χ1n) is 16.5. The Morgan fingerprint density at radius 3 is 2.61 bits per heavy atom. The molecule has 0 aromatic carbocycles. The van der Waals surface area contributed by atoms with Gasteiger partial charge in [0.05, 0.1) is 6.42 Å². The molecular formula is C34H60N2O2. The third-order valence-corrected chi connectivity index (χ3v) is 11.9. The van der Waals surface area contributed by atoms with Crippen molar-refractivity contribution in [3.05, 3.63) is 11.6 Å². The Morgan fingerprint density at radius 2 is 1.84 bits per heavy atom. The highest BCUT2D eigenvalue weighted by molar-refractivity contribution is 5.69. The molecular weight excluding hydrogens is 468 g/mol. The Morgan fingerprint density at radius 1 is 1.03 bits per heavy atom. The second-order valence-electron chi connectivity index (χ2n) is 14.6. The number of hydrogen-bond acceptors (Lipinski definition) is 4. The summed E-state index contributed by atoms with van der Waals surface area (Å²) in [6.45, 7) is 14.9. The molecule has 0 heterocycles. The molecule has 0 saturated heterocycles. The van der Waals surface area contributed by atoms with Crippen molar-refractivity contribution in [3.63, 3.8) is 0 Å². The van der Waals surface area contributed by atoms with Crippen molar-refractivity contribution in [1.82, 2.24) is 5.32 Å². The number of rotatable bonds is 13. The maximum Gasteiger partial charge on any atom is 0.307 e. The summed E-state index contributed by atoms with van der Waals surface area (Å²) in [7, 11) is 0. The number of nitrogens with one attached hydrogen (secondary N) is 1. The van der Waals surface area contributed by atoms with Crippen molar-refractivity contribution in [1.29, 1.82) is 0 Å². The number of allylic oxidation sites excluding steroid dienone is 1. The fourth-order valence-electron chi connectivity index (χ4n) is 9.71. The quantitative estimate of drug-likeness (QED) is 0.146. The van der Waals surface area contributed by atoms with Crippen LogP contribution in [-0.4, -0.2) is 31.7 Å². The fraction of sp³-hybridized carbons (Fsp3) is 0.912. The topological polar surface area (TPSA) is 64.3 Å². The van der Waals surface area contributed by atoms with E-state index >= 15 is 0 Å². The van der Waals surface area contributed by atoms with Crippen molar-refractivity contribution in [2.24, 2.45) is 52.1 Å². The molecule has 4 heteroatoms. The minimum absolute atomic E-state index is 0.0350. The molecule has 0 bridgehead atoms. The lowest BCUT2D eigenvalue weighted by Crippen LogP contribution is -2.51. The van der Waals surface area contributed by atoms with Gasteiger partial charge in [-0.1, -0.05) is 65.5 Å². The van der Waals surface area contributed by atoms with E-state index in [1.54, 1.807) is 5.57 Å². The van der Waals surface area contributed by atoms with E-state index in [2.05, 4.69) is 46.0 Å². The van der Waals surface area contributed by atoms with Gasteiger partial charge in [0.25, 0.3) is 0 Å². The largest absolute Gasteiger partial charge is 0.462 e. The molecule has 4 aliphatic carbocycles. The number of ether oxygens (including phenoxy) is 1. The zero-order valence-corrected chi connectivity index (χ0v) is 25.5. The minimum Gasteiger partial charge on any atom is -0.462 e. The molecule has 4 aliphatic rings. The van der Waals surface area contributed by atoms with Gasteiger partial charge in [-0.3, -0.25) is 4.79 Å². The molecule has 8 atom stereocenters. The second kappa shape index (κ2) is 13.2. The lowest BCUT2D eigenvalue weighted by Gasteiger charge is -2.58. The van der Waals surface area contributed by atoms with Crippen LogP contribution in [0.5, 0.6) is 0 Å². The van der Waals surface area contributed by atoms with Gasteiger partial charge in [-0.25, -0.2) is 0 Å². The number of fused-ring (bicyclic) bond motifs is 5. The van der Waals surface area contributed by atoms with Gasteiger partial charge < -0.3 is 15.8 Å². The smallest absolute Gasteiger partial charge is 0.307 e. The Hall–Kier alpha value is -0.870. The number of nitrogens with two attached hydrogens (primary N) is 1. The molecule has 0 aromatic rings. The molecule has 0 unspecified atom stereocenters. The fourth-order valence-corrected chi connectivity index (χ4v) is 9.71. The van der Waals surface area contributed by atoms with Crippen LogP contribution in [0.4, 0.5) is 0 Å². The summed E-state index contributed by atoms with van der Waals surface area (Å²) in [4.78, 5) is 12.5. The molecule has 218 valence electrons. The number of carbonyl (C=O) groups is 1. The van der Waals surface area contributed by atoms with Gasteiger partial charge in [-0.15, -0.1) is 0 Å². The van der Waals surface area contributed by atoms with Gasteiger partial charge in [0.15, 0.2) is 0 Å². The molecule has 3 fully saturated rings. The van der Waals surface area contributed by atoms with Gasteiger partial charge in [-0.2, -0.15) is 0 Å². The third kappa shape index (κ3) is 6.54. The predicted octanol–water partition coefficient (Wildman–Crippen LogP) is 7.66. The molecule has 0 radical (unpaired) electrons. The van der Waals surface area contributed by atoms with E-state index in [1.165, 1.54) is 57.8 Å². The molecule has 3 saturated carbocycles. The van der Waals surface area contributed by atoms with Gasteiger partial charge in [0, 0.05) is 13.0 Å². The summed E-state index contributed by atoms with van der Waals surface area (Å²) in [5.41, 5.74) is 8.03. The number of esters is 1. The predicted molar refractivity (Wildman–Crippen MR) is 159 cm³/mol. The summed E-state index contributed by atoms with van der Waals surface area (Å²) in [6.07, 6.45) is 19.7. The highest BCUT2D eigenvalue weighted by Crippen LogP contribution is 2.67. The lowest BCUT2D eigenvalue weighted by molar-refractivity contribution is -0.151. The standard InChI is InChI=1S/C34H60N2O2/c1-24(2)9-8-10-25(3)29-13-14-30-28-12-11-26-23-27(38-32(37)17-22-36-21-7-6-20-35)15-18-33(26,4)31(28)16-19-34(29,30)5/h11,24-25,27-31,36H,6-10,12-23,35H2,1-5H3/t25-,27+,28+,29-,30+,31+,33+,34-/m1/s1. The van der Waals surface area contributed by atoms with Crippen LogP contribution in [0.3, 0.4) is 0 Å². The van der Waals surface area contributed by atoms with Crippen molar-refractivity contribution >= 4 is 5.97 Å². The van der Waals surface area contributed by atoms with Crippen LogP contribution >= 0.6 is 0 Å². The first-order chi connectivity index (χ1) is 18.2. The summed E-state index contributed by atoms with van der Waals surface area (Å²) < 4.78 is 5.98.